The maximum absolute atomic E-state index is 12.4. The van der Waals surface area contributed by atoms with Crippen LogP contribution in [0, 0.1) is 5.92 Å². The predicted octanol–water partition coefficient (Wildman–Crippen LogP) is 4.38. The van der Waals surface area contributed by atoms with Crippen molar-refractivity contribution in [2.45, 2.75) is 52.1 Å². The van der Waals surface area contributed by atoms with Gasteiger partial charge in [-0.05, 0) is 63.6 Å². The minimum Gasteiger partial charge on any atom is -0.444 e. The van der Waals surface area contributed by atoms with Crippen LogP contribution < -0.4 is 0 Å². The molecule has 2 rings (SSSR count). The Morgan fingerprint density at radius 2 is 1.93 bits per heavy atom. The molecule has 0 radical (unpaired) electrons. The average Bonchev–Trinajstić information content (AvgIpc) is 2.58. The van der Waals surface area contributed by atoms with Gasteiger partial charge >= 0.3 is 6.09 Å². The number of halogens is 1. The van der Waals surface area contributed by atoms with Crippen molar-refractivity contribution in [1.29, 1.82) is 0 Å². The molecule has 6 heteroatoms. The molecule has 0 spiro atoms. The summed E-state index contributed by atoms with van der Waals surface area (Å²) < 4.78 is 5.43. The van der Waals surface area contributed by atoms with Gasteiger partial charge in [0.1, 0.15) is 5.60 Å². The van der Waals surface area contributed by atoms with Gasteiger partial charge in [-0.3, -0.25) is 4.79 Å². The second kappa shape index (κ2) is 9.45. The molecule has 27 heavy (non-hydrogen) atoms. The van der Waals surface area contributed by atoms with Crippen LogP contribution in [0.2, 0.25) is 5.02 Å². The number of ether oxygens (including phenoxy) is 1. The average molecular weight is 395 g/mol. The van der Waals surface area contributed by atoms with Crippen LogP contribution in [-0.4, -0.2) is 54.1 Å². The smallest absolute Gasteiger partial charge is 0.410 e. The third-order valence-electron chi connectivity index (χ3n) is 4.74. The highest BCUT2D eigenvalue weighted by Crippen LogP contribution is 2.21. The van der Waals surface area contributed by atoms with Crippen molar-refractivity contribution in [3.8, 4) is 0 Å². The highest BCUT2D eigenvalue weighted by molar-refractivity contribution is 6.30. The van der Waals surface area contributed by atoms with Crippen LogP contribution in [0.1, 0.15) is 45.6 Å². The maximum atomic E-state index is 12.4. The van der Waals surface area contributed by atoms with E-state index < -0.39 is 5.60 Å². The minimum atomic E-state index is -0.469. The van der Waals surface area contributed by atoms with Gasteiger partial charge in [0.2, 0.25) is 5.91 Å². The van der Waals surface area contributed by atoms with Crippen LogP contribution in [-0.2, 0) is 16.0 Å². The summed E-state index contributed by atoms with van der Waals surface area (Å²) >= 11 is 5.99. The summed E-state index contributed by atoms with van der Waals surface area (Å²) in [6.45, 7) is 7.73. The molecule has 1 aliphatic rings. The maximum Gasteiger partial charge on any atom is 0.410 e. The van der Waals surface area contributed by atoms with Crippen LogP contribution in [0.3, 0.4) is 0 Å². The number of carbonyl (C=O) groups excluding carboxylic acids is 2. The van der Waals surface area contributed by atoms with E-state index in [1.807, 2.05) is 57.0 Å². The molecule has 1 aliphatic heterocycles. The number of likely N-dealkylation sites (tertiary alicyclic amines) is 1. The van der Waals surface area contributed by atoms with Gasteiger partial charge in [0, 0.05) is 38.1 Å². The Morgan fingerprint density at radius 3 is 2.52 bits per heavy atom. The predicted molar refractivity (Wildman–Crippen MR) is 108 cm³/mol. The molecule has 0 saturated carbocycles. The summed E-state index contributed by atoms with van der Waals surface area (Å²) in [5, 5.41) is 0.699. The summed E-state index contributed by atoms with van der Waals surface area (Å²) in [5.74, 6) is 0.563. The fraction of sp³-hybridized carbons (Fsp3) is 0.619. The van der Waals surface area contributed by atoms with Gasteiger partial charge in [-0.15, -0.1) is 0 Å². The monoisotopic (exact) mass is 394 g/mol. The van der Waals surface area contributed by atoms with Crippen LogP contribution in [0.4, 0.5) is 4.79 Å². The lowest BCUT2D eigenvalue weighted by Crippen LogP contribution is -2.44. The highest BCUT2D eigenvalue weighted by atomic mass is 35.5. The van der Waals surface area contributed by atoms with Crippen molar-refractivity contribution in [1.82, 2.24) is 9.80 Å². The Labute approximate surface area is 167 Å². The number of carbonyl (C=O) groups is 2. The fourth-order valence-electron chi connectivity index (χ4n) is 3.25. The first kappa shape index (κ1) is 21.5. The fourth-order valence-corrected chi connectivity index (χ4v) is 3.46. The second-order valence-electron chi connectivity index (χ2n) is 8.31. The van der Waals surface area contributed by atoms with Crippen LogP contribution >= 0.6 is 11.6 Å². The van der Waals surface area contributed by atoms with Gasteiger partial charge < -0.3 is 14.5 Å². The summed E-state index contributed by atoms with van der Waals surface area (Å²) in [4.78, 5) is 28.1. The highest BCUT2D eigenvalue weighted by Gasteiger charge is 2.27. The van der Waals surface area contributed by atoms with E-state index in [4.69, 9.17) is 16.3 Å². The normalized spacial score (nSPS) is 15.5. The Hall–Kier alpha value is -1.75. The molecule has 1 heterocycles. The molecule has 2 amide bonds. The van der Waals surface area contributed by atoms with Gasteiger partial charge in [-0.25, -0.2) is 4.79 Å². The Kier molecular flexibility index (Phi) is 7.54. The largest absolute Gasteiger partial charge is 0.444 e. The van der Waals surface area contributed by atoms with Gasteiger partial charge in [-0.1, -0.05) is 23.7 Å². The molecule has 0 aromatic heterocycles. The molecule has 0 atom stereocenters. The van der Waals surface area contributed by atoms with Crippen molar-refractivity contribution in [3.63, 3.8) is 0 Å². The Bertz CT molecular complexity index is 649. The second-order valence-corrected chi connectivity index (χ2v) is 8.75. The van der Waals surface area contributed by atoms with Crippen molar-refractivity contribution in [3.05, 3.63) is 34.9 Å². The van der Waals surface area contributed by atoms with Crippen molar-refractivity contribution < 1.29 is 14.3 Å². The zero-order valence-electron chi connectivity index (χ0n) is 16.8. The van der Waals surface area contributed by atoms with Crippen LogP contribution in [0.25, 0.3) is 0 Å². The molecule has 5 nitrogen and oxygen atoms in total. The lowest BCUT2D eigenvalue weighted by molar-refractivity contribution is -0.130. The van der Waals surface area contributed by atoms with E-state index in [0.29, 0.717) is 36.9 Å². The van der Waals surface area contributed by atoms with Crippen molar-refractivity contribution >= 4 is 23.6 Å². The third-order valence-corrected chi connectivity index (χ3v) is 4.98. The van der Waals surface area contributed by atoms with Gasteiger partial charge in [0.15, 0.2) is 0 Å². The summed E-state index contributed by atoms with van der Waals surface area (Å²) in [7, 11) is 1.86. The lowest BCUT2D eigenvalue weighted by atomic mass is 9.96. The van der Waals surface area contributed by atoms with E-state index in [1.165, 1.54) is 0 Å². The van der Waals surface area contributed by atoms with Crippen LogP contribution in [0.15, 0.2) is 24.3 Å². The first-order valence-corrected chi connectivity index (χ1v) is 9.98. The van der Waals surface area contributed by atoms with E-state index >= 15 is 0 Å². The van der Waals surface area contributed by atoms with Crippen LogP contribution in [0.5, 0.6) is 0 Å². The first-order chi connectivity index (χ1) is 12.6. The number of hydrogen-bond acceptors (Lipinski definition) is 3. The number of benzene rings is 1. The molecule has 0 unspecified atom stereocenters. The molecular weight excluding hydrogens is 364 g/mol. The topological polar surface area (TPSA) is 49.9 Å². The van der Waals surface area contributed by atoms with E-state index in [0.717, 1.165) is 24.9 Å². The molecule has 1 aromatic carbocycles. The van der Waals surface area contributed by atoms with Gasteiger partial charge in [-0.2, -0.15) is 0 Å². The van der Waals surface area contributed by atoms with E-state index in [9.17, 15) is 9.59 Å². The van der Waals surface area contributed by atoms with Gasteiger partial charge in [0.05, 0.1) is 0 Å². The van der Waals surface area contributed by atoms with Crippen molar-refractivity contribution in [2.24, 2.45) is 5.92 Å². The number of piperidine rings is 1. The quantitative estimate of drug-likeness (QED) is 0.744. The molecule has 0 N–H and O–H groups in total. The number of hydrogen-bond donors (Lipinski definition) is 0. The number of rotatable bonds is 5. The Morgan fingerprint density at radius 1 is 1.26 bits per heavy atom. The number of aryl methyl sites for hydroxylation is 1. The SMILES string of the molecule is CN(CC1CCN(C(=O)OC(C)(C)C)CC1)C(=O)CCc1cccc(Cl)c1. The van der Waals surface area contributed by atoms with E-state index in [-0.39, 0.29) is 12.0 Å². The van der Waals surface area contributed by atoms with Gasteiger partial charge in [0.25, 0.3) is 0 Å². The molecule has 0 bridgehead atoms. The molecule has 0 aliphatic carbocycles. The standard InChI is InChI=1S/C21H31ClN2O3/c1-21(2,3)27-20(26)24-12-10-17(11-13-24)15-23(4)19(25)9-8-16-6-5-7-18(22)14-16/h5-7,14,17H,8-13,15H2,1-4H3. The molecule has 1 fully saturated rings. The molecule has 1 saturated heterocycles. The third kappa shape index (κ3) is 7.41. The summed E-state index contributed by atoms with van der Waals surface area (Å²) in [5.41, 5.74) is 0.610. The van der Waals surface area contributed by atoms with Crippen molar-refractivity contribution in [2.75, 3.05) is 26.7 Å². The molecular formula is C21H31ClN2O3. The lowest BCUT2D eigenvalue weighted by Gasteiger charge is -2.34. The molecule has 1 aromatic rings. The number of nitrogens with zero attached hydrogens (tertiary/aromatic N) is 2. The Balaban J connectivity index is 1.72. The molecule has 150 valence electrons. The summed E-state index contributed by atoms with van der Waals surface area (Å²) in [6.07, 6.45) is 2.72. The zero-order chi connectivity index (χ0) is 20.0. The van der Waals surface area contributed by atoms with E-state index in [1.54, 1.807) is 4.90 Å². The summed E-state index contributed by atoms with van der Waals surface area (Å²) in [6, 6.07) is 7.64. The first-order valence-electron chi connectivity index (χ1n) is 9.60. The number of amides is 2. The zero-order valence-corrected chi connectivity index (χ0v) is 17.6. The van der Waals surface area contributed by atoms with E-state index in [2.05, 4.69) is 0 Å². The minimum absolute atomic E-state index is 0.143.